The van der Waals surface area contributed by atoms with Crippen molar-refractivity contribution in [2.24, 2.45) is 5.92 Å². The van der Waals surface area contributed by atoms with Crippen LogP contribution in [0.15, 0.2) is 12.4 Å². The average Bonchev–Trinajstić information content (AvgIpc) is 2.73. The molecule has 1 aliphatic carbocycles. The van der Waals surface area contributed by atoms with Gasteiger partial charge in [-0.05, 0) is 19.8 Å². The maximum atomic E-state index is 9.71. The fraction of sp³-hybridized carbons (Fsp3) is 0.667. The van der Waals surface area contributed by atoms with E-state index in [2.05, 4.69) is 15.3 Å². The highest BCUT2D eigenvalue weighted by Gasteiger charge is 2.24. The molecule has 1 aromatic rings. The van der Waals surface area contributed by atoms with Gasteiger partial charge in [0.15, 0.2) is 0 Å². The Kier molecular flexibility index (Phi) is 4.14. The van der Waals surface area contributed by atoms with Crippen LogP contribution in [0.2, 0.25) is 0 Å². The van der Waals surface area contributed by atoms with Gasteiger partial charge in [0.1, 0.15) is 12.1 Å². The maximum Gasteiger partial charge on any atom is 0.218 e. The predicted molar refractivity (Wildman–Crippen MR) is 65.0 cm³/mol. The molecule has 1 aliphatic rings. The molecular weight excluding hydrogens is 218 g/mol. The summed E-state index contributed by atoms with van der Waals surface area (Å²) in [6.07, 6.45) is 4.42. The van der Waals surface area contributed by atoms with E-state index in [1.54, 1.807) is 6.07 Å². The van der Waals surface area contributed by atoms with Gasteiger partial charge in [-0.1, -0.05) is 6.42 Å². The second-order valence-electron chi connectivity index (χ2n) is 4.31. The molecule has 17 heavy (non-hydrogen) atoms. The van der Waals surface area contributed by atoms with E-state index in [-0.39, 0.29) is 6.10 Å². The Balaban J connectivity index is 1.87. The molecule has 5 nitrogen and oxygen atoms in total. The van der Waals surface area contributed by atoms with Crippen molar-refractivity contribution in [2.75, 3.05) is 18.5 Å². The van der Waals surface area contributed by atoms with Gasteiger partial charge in [-0.3, -0.25) is 0 Å². The molecule has 0 spiro atoms. The van der Waals surface area contributed by atoms with Gasteiger partial charge in [-0.15, -0.1) is 0 Å². The van der Waals surface area contributed by atoms with Gasteiger partial charge in [0.2, 0.25) is 5.88 Å². The lowest BCUT2D eigenvalue weighted by atomic mass is 10.1. The molecule has 2 unspecified atom stereocenters. The number of hydrogen-bond donors (Lipinski definition) is 2. The quantitative estimate of drug-likeness (QED) is 0.811. The van der Waals surface area contributed by atoms with E-state index >= 15 is 0 Å². The lowest BCUT2D eigenvalue weighted by molar-refractivity contribution is 0.138. The molecule has 1 aromatic heterocycles. The third kappa shape index (κ3) is 3.30. The van der Waals surface area contributed by atoms with Crippen molar-refractivity contribution in [1.29, 1.82) is 0 Å². The highest BCUT2D eigenvalue weighted by molar-refractivity contribution is 5.37. The molecule has 2 N–H and O–H groups in total. The Morgan fingerprint density at radius 1 is 1.47 bits per heavy atom. The van der Waals surface area contributed by atoms with Crippen LogP contribution in [0.3, 0.4) is 0 Å². The molecule has 0 aromatic carbocycles. The van der Waals surface area contributed by atoms with Gasteiger partial charge in [-0.25, -0.2) is 9.97 Å². The number of nitrogens with one attached hydrogen (secondary N) is 1. The Morgan fingerprint density at radius 2 is 2.35 bits per heavy atom. The average molecular weight is 237 g/mol. The summed E-state index contributed by atoms with van der Waals surface area (Å²) in [7, 11) is 0. The second kappa shape index (κ2) is 5.82. The Hall–Kier alpha value is -1.36. The summed E-state index contributed by atoms with van der Waals surface area (Å²) >= 11 is 0. The minimum atomic E-state index is -0.171. The number of aliphatic hydroxyl groups is 1. The number of nitrogens with zero attached hydrogens (tertiary/aromatic N) is 2. The van der Waals surface area contributed by atoms with E-state index in [9.17, 15) is 5.11 Å². The van der Waals surface area contributed by atoms with Crippen LogP contribution in [-0.4, -0.2) is 34.3 Å². The zero-order chi connectivity index (χ0) is 12.1. The highest BCUT2D eigenvalue weighted by atomic mass is 16.5. The first-order chi connectivity index (χ1) is 8.29. The number of aliphatic hydroxyl groups excluding tert-OH is 1. The van der Waals surface area contributed by atoms with Crippen LogP contribution in [0.1, 0.15) is 26.2 Å². The SMILES string of the molecule is CCOc1cc(NCC2CCCC2O)ncn1. The second-order valence-corrected chi connectivity index (χ2v) is 4.31. The number of hydrogen-bond acceptors (Lipinski definition) is 5. The van der Waals surface area contributed by atoms with Gasteiger partial charge >= 0.3 is 0 Å². The molecule has 0 saturated heterocycles. The van der Waals surface area contributed by atoms with E-state index in [0.29, 0.717) is 18.4 Å². The zero-order valence-electron chi connectivity index (χ0n) is 10.1. The maximum absolute atomic E-state index is 9.71. The van der Waals surface area contributed by atoms with Crippen molar-refractivity contribution in [3.05, 3.63) is 12.4 Å². The van der Waals surface area contributed by atoms with Crippen LogP contribution in [-0.2, 0) is 0 Å². The number of ether oxygens (including phenoxy) is 1. The summed E-state index contributed by atoms with van der Waals surface area (Å²) in [6, 6.07) is 1.78. The molecule has 1 fully saturated rings. The van der Waals surface area contributed by atoms with Crippen LogP contribution in [0, 0.1) is 5.92 Å². The van der Waals surface area contributed by atoms with Crippen molar-refractivity contribution in [3.8, 4) is 5.88 Å². The van der Waals surface area contributed by atoms with Crippen LogP contribution < -0.4 is 10.1 Å². The first kappa shape index (κ1) is 12.1. The van der Waals surface area contributed by atoms with E-state index in [1.165, 1.54) is 6.33 Å². The van der Waals surface area contributed by atoms with Crippen molar-refractivity contribution in [3.63, 3.8) is 0 Å². The first-order valence-corrected chi connectivity index (χ1v) is 6.16. The molecule has 1 saturated carbocycles. The normalized spacial score (nSPS) is 23.6. The monoisotopic (exact) mass is 237 g/mol. The van der Waals surface area contributed by atoms with Crippen LogP contribution >= 0.6 is 0 Å². The van der Waals surface area contributed by atoms with Gasteiger partial charge in [0.05, 0.1) is 12.7 Å². The molecule has 2 atom stereocenters. The summed E-state index contributed by atoms with van der Waals surface area (Å²) in [4.78, 5) is 8.12. The fourth-order valence-corrected chi connectivity index (χ4v) is 2.15. The van der Waals surface area contributed by atoms with Crippen LogP contribution in [0.25, 0.3) is 0 Å². The minimum Gasteiger partial charge on any atom is -0.478 e. The Labute approximate surface area is 101 Å². The molecule has 0 aliphatic heterocycles. The zero-order valence-corrected chi connectivity index (χ0v) is 10.1. The largest absolute Gasteiger partial charge is 0.478 e. The van der Waals surface area contributed by atoms with E-state index in [4.69, 9.17) is 4.74 Å². The fourth-order valence-electron chi connectivity index (χ4n) is 2.15. The predicted octanol–water partition coefficient (Wildman–Crippen LogP) is 1.45. The van der Waals surface area contributed by atoms with Crippen molar-refractivity contribution in [1.82, 2.24) is 9.97 Å². The molecule has 94 valence electrons. The summed E-state index contributed by atoms with van der Waals surface area (Å²) in [5.41, 5.74) is 0. The van der Waals surface area contributed by atoms with Gasteiger partial charge in [0.25, 0.3) is 0 Å². The lowest BCUT2D eigenvalue weighted by Gasteiger charge is -2.15. The summed E-state index contributed by atoms with van der Waals surface area (Å²) in [6.45, 7) is 3.27. The van der Waals surface area contributed by atoms with Gasteiger partial charge in [-0.2, -0.15) is 0 Å². The number of anilines is 1. The minimum absolute atomic E-state index is 0.171. The standard InChI is InChI=1S/C12H19N3O2/c1-2-17-12-6-11(14-8-15-12)13-7-9-4-3-5-10(9)16/h6,8-10,16H,2-5,7H2,1H3,(H,13,14,15). The Bertz CT molecular complexity index is 359. The summed E-state index contributed by atoms with van der Waals surface area (Å²) in [5.74, 6) is 1.67. The van der Waals surface area contributed by atoms with Gasteiger partial charge in [0, 0.05) is 18.5 Å². The molecular formula is C12H19N3O2. The highest BCUT2D eigenvalue weighted by Crippen LogP contribution is 2.25. The third-order valence-electron chi connectivity index (χ3n) is 3.10. The first-order valence-electron chi connectivity index (χ1n) is 6.16. The number of rotatable bonds is 5. The van der Waals surface area contributed by atoms with Crippen molar-refractivity contribution in [2.45, 2.75) is 32.3 Å². The van der Waals surface area contributed by atoms with Crippen molar-refractivity contribution >= 4 is 5.82 Å². The molecule has 0 radical (unpaired) electrons. The smallest absolute Gasteiger partial charge is 0.218 e. The molecule has 1 heterocycles. The van der Waals surface area contributed by atoms with Crippen molar-refractivity contribution < 1.29 is 9.84 Å². The lowest BCUT2D eigenvalue weighted by Crippen LogP contribution is -2.22. The Morgan fingerprint density at radius 3 is 3.06 bits per heavy atom. The summed E-state index contributed by atoms with van der Waals surface area (Å²) in [5, 5.41) is 12.9. The van der Waals surface area contributed by atoms with E-state index in [1.807, 2.05) is 6.92 Å². The van der Waals surface area contributed by atoms with Gasteiger partial charge < -0.3 is 15.2 Å². The molecule has 2 rings (SSSR count). The van der Waals surface area contributed by atoms with E-state index in [0.717, 1.165) is 31.6 Å². The van der Waals surface area contributed by atoms with Crippen LogP contribution in [0.5, 0.6) is 5.88 Å². The molecule has 0 bridgehead atoms. The molecule has 0 amide bonds. The topological polar surface area (TPSA) is 67.3 Å². The number of aromatic nitrogens is 2. The molecule has 5 heteroatoms. The third-order valence-corrected chi connectivity index (χ3v) is 3.10. The summed E-state index contributed by atoms with van der Waals surface area (Å²) < 4.78 is 5.30. The van der Waals surface area contributed by atoms with E-state index < -0.39 is 0 Å². The van der Waals surface area contributed by atoms with Crippen LogP contribution in [0.4, 0.5) is 5.82 Å².